The van der Waals surface area contributed by atoms with Gasteiger partial charge in [0.05, 0.1) is 5.02 Å². The van der Waals surface area contributed by atoms with Crippen LogP contribution in [0.1, 0.15) is 18.4 Å². The smallest absolute Gasteiger partial charge is 0.0621 e. The van der Waals surface area contributed by atoms with Gasteiger partial charge in [-0.25, -0.2) is 0 Å². The molecule has 2 rings (SSSR count). The van der Waals surface area contributed by atoms with Crippen LogP contribution in [0.5, 0.6) is 0 Å². The van der Waals surface area contributed by atoms with Crippen LogP contribution in [0.2, 0.25) is 5.02 Å². The number of hydrogen-bond acceptors (Lipinski definition) is 3. The molecule has 1 aliphatic rings. The van der Waals surface area contributed by atoms with E-state index in [2.05, 4.69) is 10.3 Å². The molecule has 0 spiro atoms. The predicted octanol–water partition coefficient (Wildman–Crippen LogP) is 2.29. The first-order valence-corrected chi connectivity index (χ1v) is 6.50. The summed E-state index contributed by atoms with van der Waals surface area (Å²) < 4.78 is 5.41. The van der Waals surface area contributed by atoms with Crippen LogP contribution in [0.25, 0.3) is 0 Å². The van der Waals surface area contributed by atoms with E-state index in [0.717, 1.165) is 31.1 Å². The van der Waals surface area contributed by atoms with Gasteiger partial charge < -0.3 is 10.1 Å². The highest BCUT2D eigenvalue weighted by atomic mass is 35.5. The largest absolute Gasteiger partial charge is 0.381 e. The second-order valence-corrected chi connectivity index (χ2v) is 5.03. The molecule has 2 heterocycles. The van der Waals surface area contributed by atoms with Gasteiger partial charge in [0.15, 0.2) is 0 Å². The van der Waals surface area contributed by atoms with Crippen LogP contribution in [0.15, 0.2) is 18.5 Å². The zero-order valence-corrected chi connectivity index (χ0v) is 10.9. The number of likely N-dealkylation sites (N-methyl/N-ethyl adjacent to an activating group) is 1. The SMILES string of the molecule is CNC(Cc1ccncc1Cl)CC1CCOC1. The Bertz CT molecular complexity index is 353. The van der Waals surface area contributed by atoms with E-state index in [4.69, 9.17) is 16.3 Å². The molecule has 17 heavy (non-hydrogen) atoms. The fourth-order valence-corrected chi connectivity index (χ4v) is 2.51. The summed E-state index contributed by atoms with van der Waals surface area (Å²) in [7, 11) is 2.01. The number of ether oxygens (including phenoxy) is 1. The standard InChI is InChI=1S/C13H19ClN2O/c1-15-12(6-10-3-5-17-9-10)7-11-2-4-16-8-13(11)14/h2,4,8,10,12,15H,3,5-7,9H2,1H3. The van der Waals surface area contributed by atoms with Crippen LogP contribution < -0.4 is 5.32 Å². The molecule has 0 saturated carbocycles. The van der Waals surface area contributed by atoms with Gasteiger partial charge >= 0.3 is 0 Å². The number of nitrogens with zero attached hydrogens (tertiary/aromatic N) is 1. The predicted molar refractivity (Wildman–Crippen MR) is 69.3 cm³/mol. The molecule has 0 amide bonds. The molecule has 1 saturated heterocycles. The van der Waals surface area contributed by atoms with Crippen LogP contribution in [0.3, 0.4) is 0 Å². The van der Waals surface area contributed by atoms with Gasteiger partial charge in [-0.05, 0) is 43.9 Å². The van der Waals surface area contributed by atoms with E-state index in [-0.39, 0.29) is 0 Å². The van der Waals surface area contributed by atoms with Crippen molar-refractivity contribution >= 4 is 11.6 Å². The van der Waals surface area contributed by atoms with Gasteiger partial charge in [0.2, 0.25) is 0 Å². The quantitative estimate of drug-likeness (QED) is 0.876. The lowest BCUT2D eigenvalue weighted by molar-refractivity contribution is 0.181. The Balaban J connectivity index is 1.92. The van der Waals surface area contributed by atoms with Crippen molar-refractivity contribution in [2.24, 2.45) is 5.92 Å². The van der Waals surface area contributed by atoms with Crippen molar-refractivity contribution in [3.8, 4) is 0 Å². The van der Waals surface area contributed by atoms with Crippen molar-refractivity contribution in [2.75, 3.05) is 20.3 Å². The molecule has 2 unspecified atom stereocenters. The maximum atomic E-state index is 6.13. The van der Waals surface area contributed by atoms with E-state index in [1.807, 2.05) is 13.1 Å². The fourth-order valence-electron chi connectivity index (χ4n) is 2.31. The number of nitrogens with one attached hydrogen (secondary N) is 1. The highest BCUT2D eigenvalue weighted by Crippen LogP contribution is 2.22. The third-order valence-electron chi connectivity index (χ3n) is 3.37. The molecule has 1 aromatic rings. The maximum absolute atomic E-state index is 6.13. The third kappa shape index (κ3) is 3.66. The molecule has 0 aliphatic carbocycles. The zero-order chi connectivity index (χ0) is 12.1. The Morgan fingerprint density at radius 1 is 1.65 bits per heavy atom. The second-order valence-electron chi connectivity index (χ2n) is 4.62. The van der Waals surface area contributed by atoms with Crippen molar-refractivity contribution in [1.29, 1.82) is 0 Å². The Labute approximate surface area is 108 Å². The lowest BCUT2D eigenvalue weighted by Crippen LogP contribution is -2.30. The van der Waals surface area contributed by atoms with Gasteiger partial charge in [-0.2, -0.15) is 0 Å². The van der Waals surface area contributed by atoms with Gasteiger partial charge in [-0.3, -0.25) is 4.98 Å². The summed E-state index contributed by atoms with van der Waals surface area (Å²) >= 11 is 6.13. The molecule has 0 radical (unpaired) electrons. The van der Waals surface area contributed by atoms with E-state index in [1.54, 1.807) is 12.4 Å². The maximum Gasteiger partial charge on any atom is 0.0621 e. The molecule has 4 heteroatoms. The number of pyridine rings is 1. The van der Waals surface area contributed by atoms with Crippen molar-refractivity contribution in [2.45, 2.75) is 25.3 Å². The summed E-state index contributed by atoms with van der Waals surface area (Å²) in [6, 6.07) is 2.46. The second kappa shape index (κ2) is 6.34. The summed E-state index contributed by atoms with van der Waals surface area (Å²) in [5, 5.41) is 4.13. The van der Waals surface area contributed by atoms with Crippen molar-refractivity contribution in [3.05, 3.63) is 29.0 Å². The van der Waals surface area contributed by atoms with Gasteiger partial charge in [-0.15, -0.1) is 0 Å². The third-order valence-corrected chi connectivity index (χ3v) is 3.71. The molecule has 94 valence electrons. The van der Waals surface area contributed by atoms with Gasteiger partial charge in [0.25, 0.3) is 0 Å². The van der Waals surface area contributed by atoms with E-state index >= 15 is 0 Å². The Morgan fingerprint density at radius 2 is 2.53 bits per heavy atom. The number of halogens is 1. The van der Waals surface area contributed by atoms with Crippen LogP contribution in [0.4, 0.5) is 0 Å². The van der Waals surface area contributed by atoms with Crippen molar-refractivity contribution in [3.63, 3.8) is 0 Å². The summed E-state index contributed by atoms with van der Waals surface area (Å²) in [4.78, 5) is 4.01. The van der Waals surface area contributed by atoms with Gasteiger partial charge in [0, 0.05) is 31.6 Å². The van der Waals surface area contributed by atoms with E-state index in [1.165, 1.54) is 12.0 Å². The molecular weight excluding hydrogens is 236 g/mol. The molecule has 0 bridgehead atoms. The Hall–Kier alpha value is -0.640. The molecule has 1 aliphatic heterocycles. The number of aromatic nitrogens is 1. The van der Waals surface area contributed by atoms with Gasteiger partial charge in [0.1, 0.15) is 0 Å². The van der Waals surface area contributed by atoms with Crippen LogP contribution in [-0.4, -0.2) is 31.3 Å². The summed E-state index contributed by atoms with van der Waals surface area (Å²) in [5.74, 6) is 0.688. The average molecular weight is 255 g/mol. The monoisotopic (exact) mass is 254 g/mol. The first-order chi connectivity index (χ1) is 8.29. The fraction of sp³-hybridized carbons (Fsp3) is 0.615. The summed E-state index contributed by atoms with van der Waals surface area (Å²) in [6.07, 6.45) is 6.79. The first kappa shape index (κ1) is 12.8. The molecule has 3 nitrogen and oxygen atoms in total. The highest BCUT2D eigenvalue weighted by molar-refractivity contribution is 6.31. The minimum absolute atomic E-state index is 0.460. The number of rotatable bonds is 5. The summed E-state index contributed by atoms with van der Waals surface area (Å²) in [5.41, 5.74) is 1.17. The topological polar surface area (TPSA) is 34.2 Å². The van der Waals surface area contributed by atoms with Gasteiger partial charge in [-0.1, -0.05) is 11.6 Å². The van der Waals surface area contributed by atoms with E-state index < -0.39 is 0 Å². The molecule has 1 N–H and O–H groups in total. The van der Waals surface area contributed by atoms with Crippen LogP contribution >= 0.6 is 11.6 Å². The highest BCUT2D eigenvalue weighted by Gasteiger charge is 2.20. The Morgan fingerprint density at radius 3 is 3.18 bits per heavy atom. The Kier molecular flexibility index (Phi) is 4.77. The number of hydrogen-bond donors (Lipinski definition) is 1. The molecule has 1 aromatic heterocycles. The first-order valence-electron chi connectivity index (χ1n) is 6.13. The minimum atomic E-state index is 0.460. The lowest BCUT2D eigenvalue weighted by atomic mass is 9.95. The molecule has 1 fully saturated rings. The van der Waals surface area contributed by atoms with E-state index in [9.17, 15) is 0 Å². The van der Waals surface area contributed by atoms with E-state index in [0.29, 0.717) is 12.0 Å². The normalized spacial score (nSPS) is 21.6. The minimum Gasteiger partial charge on any atom is -0.381 e. The van der Waals surface area contributed by atoms with Crippen molar-refractivity contribution in [1.82, 2.24) is 10.3 Å². The molecule has 2 atom stereocenters. The average Bonchev–Trinajstić information content (AvgIpc) is 2.84. The molecular formula is C13H19ClN2O. The van der Waals surface area contributed by atoms with Crippen LogP contribution in [0, 0.1) is 5.92 Å². The van der Waals surface area contributed by atoms with Crippen molar-refractivity contribution < 1.29 is 4.74 Å². The summed E-state index contributed by atoms with van der Waals surface area (Å²) in [6.45, 7) is 1.82. The zero-order valence-electron chi connectivity index (χ0n) is 10.2. The van der Waals surface area contributed by atoms with Crippen LogP contribution in [-0.2, 0) is 11.2 Å². The molecule has 0 aromatic carbocycles. The lowest BCUT2D eigenvalue weighted by Gasteiger charge is -2.19.